The third kappa shape index (κ3) is 3.17. The molecule has 1 aromatic rings. The fourth-order valence-electron chi connectivity index (χ4n) is 3.95. The molecule has 1 aromatic carbocycles. The first kappa shape index (κ1) is 13.1. The molecular weight excluding hydrogens is 237 g/mol. The van der Waals surface area contributed by atoms with Crippen molar-refractivity contribution < 1.29 is 4.39 Å². The fraction of sp³-hybridized carbons (Fsp3) is 0.647. The SMILES string of the molecule is Fc1ccccc1CNC1CCC2CCCCC2C1. The molecule has 3 rings (SSSR count). The zero-order chi connectivity index (χ0) is 13.1. The van der Waals surface area contributed by atoms with E-state index >= 15 is 0 Å². The second-order valence-electron chi connectivity index (χ2n) is 6.29. The van der Waals surface area contributed by atoms with Gasteiger partial charge in [0.25, 0.3) is 0 Å². The highest BCUT2D eigenvalue weighted by atomic mass is 19.1. The van der Waals surface area contributed by atoms with Crippen molar-refractivity contribution in [3.8, 4) is 0 Å². The number of nitrogens with one attached hydrogen (secondary N) is 1. The van der Waals surface area contributed by atoms with Crippen molar-refractivity contribution in [3.05, 3.63) is 35.6 Å². The smallest absolute Gasteiger partial charge is 0.127 e. The Morgan fingerprint density at radius 2 is 1.79 bits per heavy atom. The van der Waals surface area contributed by atoms with E-state index in [2.05, 4.69) is 5.32 Å². The lowest BCUT2D eigenvalue weighted by atomic mass is 9.69. The topological polar surface area (TPSA) is 12.0 Å². The van der Waals surface area contributed by atoms with Crippen molar-refractivity contribution in [1.29, 1.82) is 0 Å². The van der Waals surface area contributed by atoms with Gasteiger partial charge in [0, 0.05) is 18.2 Å². The van der Waals surface area contributed by atoms with Crippen LogP contribution in [0.4, 0.5) is 4.39 Å². The maximum absolute atomic E-state index is 13.6. The van der Waals surface area contributed by atoms with Crippen LogP contribution in [0.1, 0.15) is 50.5 Å². The van der Waals surface area contributed by atoms with Crippen LogP contribution < -0.4 is 5.32 Å². The zero-order valence-corrected chi connectivity index (χ0v) is 11.6. The van der Waals surface area contributed by atoms with E-state index in [-0.39, 0.29) is 5.82 Å². The quantitative estimate of drug-likeness (QED) is 0.856. The summed E-state index contributed by atoms with van der Waals surface area (Å²) >= 11 is 0. The van der Waals surface area contributed by atoms with Crippen molar-refractivity contribution in [2.45, 2.75) is 57.5 Å². The van der Waals surface area contributed by atoms with Gasteiger partial charge in [-0.3, -0.25) is 0 Å². The minimum absolute atomic E-state index is 0.0821. The van der Waals surface area contributed by atoms with Crippen LogP contribution in [-0.4, -0.2) is 6.04 Å². The summed E-state index contributed by atoms with van der Waals surface area (Å²) in [5, 5.41) is 3.57. The number of halogens is 1. The number of hydrogen-bond donors (Lipinski definition) is 1. The van der Waals surface area contributed by atoms with Crippen LogP contribution in [-0.2, 0) is 6.54 Å². The van der Waals surface area contributed by atoms with Gasteiger partial charge >= 0.3 is 0 Å². The van der Waals surface area contributed by atoms with Crippen molar-refractivity contribution in [2.75, 3.05) is 0 Å². The average molecular weight is 261 g/mol. The van der Waals surface area contributed by atoms with Gasteiger partial charge in [0.15, 0.2) is 0 Å². The van der Waals surface area contributed by atoms with E-state index in [1.165, 1.54) is 44.9 Å². The maximum atomic E-state index is 13.6. The average Bonchev–Trinajstić information content (AvgIpc) is 2.46. The van der Waals surface area contributed by atoms with Gasteiger partial charge < -0.3 is 5.32 Å². The molecule has 2 heteroatoms. The summed E-state index contributed by atoms with van der Waals surface area (Å²) in [4.78, 5) is 0. The molecule has 2 aliphatic rings. The Morgan fingerprint density at radius 3 is 2.63 bits per heavy atom. The van der Waals surface area contributed by atoms with Crippen LogP contribution >= 0.6 is 0 Å². The largest absolute Gasteiger partial charge is 0.310 e. The van der Waals surface area contributed by atoms with E-state index in [1.54, 1.807) is 12.1 Å². The van der Waals surface area contributed by atoms with Crippen LogP contribution in [0.15, 0.2) is 24.3 Å². The number of rotatable bonds is 3. The van der Waals surface area contributed by atoms with Gasteiger partial charge in [-0.25, -0.2) is 4.39 Å². The summed E-state index contributed by atoms with van der Waals surface area (Å²) in [7, 11) is 0. The van der Waals surface area contributed by atoms with E-state index in [1.807, 2.05) is 12.1 Å². The van der Waals surface area contributed by atoms with Crippen molar-refractivity contribution in [3.63, 3.8) is 0 Å². The van der Waals surface area contributed by atoms with Gasteiger partial charge in [-0.05, 0) is 37.2 Å². The summed E-state index contributed by atoms with van der Waals surface area (Å²) in [6.45, 7) is 0.675. The molecule has 0 radical (unpaired) electrons. The third-order valence-corrected chi connectivity index (χ3v) is 5.08. The van der Waals surface area contributed by atoms with Gasteiger partial charge in [-0.2, -0.15) is 0 Å². The van der Waals surface area contributed by atoms with Crippen molar-refractivity contribution >= 4 is 0 Å². The third-order valence-electron chi connectivity index (χ3n) is 5.08. The fourth-order valence-corrected chi connectivity index (χ4v) is 3.95. The molecule has 104 valence electrons. The Labute approximate surface area is 115 Å². The second-order valence-corrected chi connectivity index (χ2v) is 6.29. The standard InChI is InChI=1S/C17H24FN/c18-17-8-4-3-7-15(17)12-19-16-10-9-13-5-1-2-6-14(13)11-16/h3-4,7-8,13-14,16,19H,1-2,5-6,9-12H2. The van der Waals surface area contributed by atoms with Gasteiger partial charge in [-0.15, -0.1) is 0 Å². The molecule has 1 nitrogen and oxygen atoms in total. The molecule has 0 aromatic heterocycles. The number of fused-ring (bicyclic) bond motifs is 1. The van der Waals surface area contributed by atoms with Crippen LogP contribution in [0.2, 0.25) is 0 Å². The first-order valence-corrected chi connectivity index (χ1v) is 7.79. The predicted octanol–water partition coefficient (Wildman–Crippen LogP) is 4.27. The monoisotopic (exact) mass is 261 g/mol. The van der Waals surface area contributed by atoms with E-state index in [0.29, 0.717) is 12.6 Å². The van der Waals surface area contributed by atoms with Gasteiger partial charge in [0.05, 0.1) is 0 Å². The van der Waals surface area contributed by atoms with Crippen LogP contribution in [0.5, 0.6) is 0 Å². The van der Waals surface area contributed by atoms with E-state index < -0.39 is 0 Å². The first-order valence-electron chi connectivity index (χ1n) is 7.79. The molecule has 0 spiro atoms. The normalized spacial score (nSPS) is 30.9. The summed E-state index contributed by atoms with van der Waals surface area (Å²) < 4.78 is 13.6. The van der Waals surface area contributed by atoms with Crippen molar-refractivity contribution in [1.82, 2.24) is 5.32 Å². The van der Waals surface area contributed by atoms with E-state index in [9.17, 15) is 4.39 Å². The summed E-state index contributed by atoms with van der Waals surface area (Å²) in [5.74, 6) is 1.84. The summed E-state index contributed by atoms with van der Waals surface area (Å²) in [6.07, 6.45) is 9.68. The van der Waals surface area contributed by atoms with Gasteiger partial charge in [-0.1, -0.05) is 43.9 Å². The zero-order valence-electron chi connectivity index (χ0n) is 11.6. The van der Waals surface area contributed by atoms with Gasteiger partial charge in [0.2, 0.25) is 0 Å². The molecule has 0 bridgehead atoms. The van der Waals surface area contributed by atoms with E-state index in [4.69, 9.17) is 0 Å². The highest BCUT2D eigenvalue weighted by Crippen LogP contribution is 2.40. The molecule has 19 heavy (non-hydrogen) atoms. The maximum Gasteiger partial charge on any atom is 0.127 e. The summed E-state index contributed by atoms with van der Waals surface area (Å²) in [5.41, 5.74) is 0.799. The molecule has 0 heterocycles. The highest BCUT2D eigenvalue weighted by Gasteiger charge is 2.31. The molecule has 3 unspecified atom stereocenters. The van der Waals surface area contributed by atoms with Gasteiger partial charge in [0.1, 0.15) is 5.82 Å². The molecular formula is C17H24FN. The van der Waals surface area contributed by atoms with E-state index in [0.717, 1.165) is 17.4 Å². The molecule has 2 saturated carbocycles. The minimum Gasteiger partial charge on any atom is -0.310 e. The molecule has 3 atom stereocenters. The molecule has 2 aliphatic carbocycles. The minimum atomic E-state index is -0.0821. The lowest BCUT2D eigenvalue weighted by Crippen LogP contribution is -2.38. The van der Waals surface area contributed by atoms with Crippen LogP contribution in [0.25, 0.3) is 0 Å². The summed E-state index contributed by atoms with van der Waals surface area (Å²) in [6, 6.07) is 7.70. The highest BCUT2D eigenvalue weighted by molar-refractivity contribution is 5.17. The Morgan fingerprint density at radius 1 is 1.00 bits per heavy atom. The lowest BCUT2D eigenvalue weighted by molar-refractivity contribution is 0.143. The number of hydrogen-bond acceptors (Lipinski definition) is 1. The Balaban J connectivity index is 1.52. The molecule has 0 saturated heterocycles. The van der Waals surface area contributed by atoms with Crippen molar-refractivity contribution in [2.24, 2.45) is 11.8 Å². The Kier molecular flexibility index (Phi) is 4.17. The Hall–Kier alpha value is -0.890. The molecule has 0 amide bonds. The first-order chi connectivity index (χ1) is 9.33. The lowest BCUT2D eigenvalue weighted by Gasteiger charge is -2.39. The second kappa shape index (κ2) is 6.04. The predicted molar refractivity (Wildman–Crippen MR) is 76.3 cm³/mol. The molecule has 0 aliphatic heterocycles. The number of benzene rings is 1. The van der Waals surface area contributed by atoms with Crippen LogP contribution in [0, 0.1) is 17.7 Å². The molecule has 1 N–H and O–H groups in total. The van der Waals surface area contributed by atoms with Crippen LogP contribution in [0.3, 0.4) is 0 Å². The molecule has 2 fully saturated rings. The Bertz CT molecular complexity index is 417.